The van der Waals surface area contributed by atoms with Gasteiger partial charge >= 0.3 is 0 Å². The molecular formula is C50H29N5. The van der Waals surface area contributed by atoms with Crippen LogP contribution in [0, 0.1) is 22.7 Å². The van der Waals surface area contributed by atoms with Gasteiger partial charge in [-0.15, -0.1) is 0 Å². The molecule has 0 fully saturated rings. The van der Waals surface area contributed by atoms with Crippen LogP contribution in [0.5, 0.6) is 0 Å². The zero-order valence-corrected chi connectivity index (χ0v) is 29.5. The molecule has 0 saturated carbocycles. The molecule has 3 heterocycles. The highest BCUT2D eigenvalue weighted by Crippen LogP contribution is 2.43. The highest BCUT2D eigenvalue weighted by Gasteiger charge is 2.23. The summed E-state index contributed by atoms with van der Waals surface area (Å²) in [5, 5.41) is 27.0. The van der Waals surface area contributed by atoms with E-state index in [2.05, 4.69) is 165 Å². The third-order valence-electron chi connectivity index (χ3n) is 11.1. The molecule has 0 amide bonds. The van der Waals surface area contributed by atoms with Gasteiger partial charge in [0.1, 0.15) is 0 Å². The van der Waals surface area contributed by atoms with Gasteiger partial charge in [0.15, 0.2) is 0 Å². The minimum Gasteiger partial charge on any atom is -0.309 e. The summed E-state index contributed by atoms with van der Waals surface area (Å²) in [6.07, 6.45) is 0. The second kappa shape index (κ2) is 11.8. The van der Waals surface area contributed by atoms with Crippen molar-refractivity contribution >= 4 is 65.4 Å². The Hall–Kier alpha value is -7.86. The molecule has 5 heteroatoms. The van der Waals surface area contributed by atoms with Crippen molar-refractivity contribution < 1.29 is 0 Å². The van der Waals surface area contributed by atoms with Crippen molar-refractivity contribution in [3.05, 3.63) is 187 Å². The van der Waals surface area contributed by atoms with Crippen LogP contribution >= 0.6 is 0 Å². The van der Waals surface area contributed by atoms with Crippen molar-refractivity contribution in [2.24, 2.45) is 0 Å². The van der Waals surface area contributed by atoms with Gasteiger partial charge in [-0.3, -0.25) is 0 Å². The molecular weight excluding hydrogens is 671 g/mol. The van der Waals surface area contributed by atoms with Gasteiger partial charge in [0.25, 0.3) is 0 Å². The van der Waals surface area contributed by atoms with Crippen LogP contribution in [0.25, 0.3) is 93.6 Å². The van der Waals surface area contributed by atoms with Crippen molar-refractivity contribution in [1.29, 1.82) is 10.5 Å². The lowest BCUT2D eigenvalue weighted by Crippen LogP contribution is -2.04. The maximum Gasteiger partial charge on any atom is 0.0991 e. The monoisotopic (exact) mass is 699 g/mol. The lowest BCUT2D eigenvalue weighted by molar-refractivity contribution is 1.13. The summed E-state index contributed by atoms with van der Waals surface area (Å²) >= 11 is 0. The summed E-state index contributed by atoms with van der Waals surface area (Å²) in [6, 6.07) is 66.0. The van der Waals surface area contributed by atoms with E-state index in [1.807, 2.05) is 36.4 Å². The zero-order valence-electron chi connectivity index (χ0n) is 29.5. The molecule has 0 radical (unpaired) electrons. The van der Waals surface area contributed by atoms with Crippen LogP contribution in [0.2, 0.25) is 0 Å². The molecule has 0 aliphatic carbocycles. The van der Waals surface area contributed by atoms with E-state index in [0.717, 1.165) is 82.8 Å². The van der Waals surface area contributed by atoms with Crippen LogP contribution in [0.15, 0.2) is 176 Å². The van der Waals surface area contributed by atoms with Crippen LogP contribution in [0.4, 0.5) is 0 Å². The normalized spacial score (nSPS) is 11.6. The van der Waals surface area contributed by atoms with E-state index >= 15 is 0 Å². The van der Waals surface area contributed by atoms with Crippen molar-refractivity contribution in [1.82, 2.24) is 13.7 Å². The fourth-order valence-corrected chi connectivity index (χ4v) is 8.83. The van der Waals surface area contributed by atoms with E-state index in [1.54, 1.807) is 0 Å². The smallest absolute Gasteiger partial charge is 0.0991 e. The van der Waals surface area contributed by atoms with Gasteiger partial charge in [0.05, 0.1) is 73.4 Å². The second-order valence-corrected chi connectivity index (χ2v) is 14.0. The van der Waals surface area contributed by atoms with E-state index in [1.165, 1.54) is 10.8 Å². The minimum absolute atomic E-state index is 0.581. The molecule has 11 aromatic rings. The molecule has 0 unspecified atom stereocenters. The third-order valence-corrected chi connectivity index (χ3v) is 11.1. The fourth-order valence-electron chi connectivity index (χ4n) is 8.83. The number of rotatable bonds is 4. The highest BCUT2D eigenvalue weighted by molar-refractivity contribution is 6.16. The van der Waals surface area contributed by atoms with Gasteiger partial charge in [-0.2, -0.15) is 10.5 Å². The molecule has 0 atom stereocenters. The maximum absolute atomic E-state index is 10.3. The first-order chi connectivity index (χ1) is 27.2. The lowest BCUT2D eigenvalue weighted by Gasteiger charge is -2.20. The van der Waals surface area contributed by atoms with Crippen molar-refractivity contribution in [3.63, 3.8) is 0 Å². The summed E-state index contributed by atoms with van der Waals surface area (Å²) in [6.45, 7) is 0. The van der Waals surface area contributed by atoms with Crippen molar-refractivity contribution in [3.8, 4) is 40.3 Å². The number of nitrogens with zero attached hydrogens (tertiary/aromatic N) is 5. The zero-order chi connectivity index (χ0) is 36.6. The average Bonchev–Trinajstić information content (AvgIpc) is 3.89. The molecule has 0 N–H and O–H groups in total. The standard InChI is InChI=1S/C50H29N5/c51-30-32-24-26-47-40(28-32)37-15-4-8-20-44(37)53(47)45-21-9-5-16-38(45)41-29-33(31-52)25-27-48(41)55-46-22-10-3-14-36(46)39-17-11-23-49(50(39)55)54-42-18-6-1-12-34(42)35-13-2-7-19-43(35)54/h1-29H. The van der Waals surface area contributed by atoms with Crippen LogP contribution < -0.4 is 0 Å². The molecule has 5 nitrogen and oxygen atoms in total. The number of aromatic nitrogens is 3. The number of hydrogen-bond donors (Lipinski definition) is 0. The SMILES string of the molecule is N#Cc1ccc(-n2c3ccccc3c3cccc(-n4c5ccccc5c5ccccc54)c32)c(-c2ccccc2-n2c3ccccc3c3cc(C#N)ccc32)c1. The van der Waals surface area contributed by atoms with Gasteiger partial charge in [-0.25, -0.2) is 0 Å². The minimum atomic E-state index is 0.581. The molecule has 0 aliphatic heterocycles. The van der Waals surface area contributed by atoms with Crippen molar-refractivity contribution in [2.75, 3.05) is 0 Å². The number of benzene rings is 8. The van der Waals surface area contributed by atoms with Gasteiger partial charge in [0, 0.05) is 43.4 Å². The quantitative estimate of drug-likeness (QED) is 0.184. The molecule has 254 valence electrons. The first-order valence-electron chi connectivity index (χ1n) is 18.3. The molecule has 11 rings (SSSR count). The van der Waals surface area contributed by atoms with Crippen molar-refractivity contribution in [2.45, 2.75) is 0 Å². The second-order valence-electron chi connectivity index (χ2n) is 14.0. The summed E-state index contributed by atoms with van der Waals surface area (Å²) in [5.41, 5.74) is 12.7. The van der Waals surface area contributed by atoms with Crippen LogP contribution in [0.1, 0.15) is 11.1 Å². The fraction of sp³-hybridized carbons (Fsp3) is 0. The van der Waals surface area contributed by atoms with E-state index < -0.39 is 0 Å². The van der Waals surface area contributed by atoms with Gasteiger partial charge in [-0.05, 0) is 72.8 Å². The highest BCUT2D eigenvalue weighted by atomic mass is 15.1. The summed E-state index contributed by atoms with van der Waals surface area (Å²) in [7, 11) is 0. The van der Waals surface area contributed by atoms with Crippen LogP contribution in [0.3, 0.4) is 0 Å². The van der Waals surface area contributed by atoms with Gasteiger partial charge < -0.3 is 13.7 Å². The molecule has 0 aliphatic rings. The molecule has 8 aromatic carbocycles. The molecule has 0 spiro atoms. The van der Waals surface area contributed by atoms with Gasteiger partial charge in [-0.1, -0.05) is 103 Å². The molecule has 0 bridgehead atoms. The Labute approximate surface area is 316 Å². The summed E-state index contributed by atoms with van der Waals surface area (Å²) in [4.78, 5) is 0. The molecule has 3 aromatic heterocycles. The number of nitriles is 2. The van der Waals surface area contributed by atoms with Crippen LogP contribution in [-0.4, -0.2) is 13.7 Å². The van der Waals surface area contributed by atoms with E-state index in [9.17, 15) is 10.5 Å². The first kappa shape index (κ1) is 30.7. The third kappa shape index (κ3) is 4.39. The maximum atomic E-state index is 10.3. The predicted molar refractivity (Wildman–Crippen MR) is 224 cm³/mol. The van der Waals surface area contributed by atoms with Crippen LogP contribution in [-0.2, 0) is 0 Å². The molecule has 55 heavy (non-hydrogen) atoms. The largest absolute Gasteiger partial charge is 0.309 e. The Morgan fingerprint density at radius 1 is 0.309 bits per heavy atom. The van der Waals surface area contributed by atoms with Gasteiger partial charge in [0.2, 0.25) is 0 Å². The van der Waals surface area contributed by atoms with E-state index in [0.29, 0.717) is 11.1 Å². The Morgan fingerprint density at radius 2 is 0.745 bits per heavy atom. The summed E-state index contributed by atoms with van der Waals surface area (Å²) in [5.74, 6) is 0. The number of hydrogen-bond acceptors (Lipinski definition) is 2. The summed E-state index contributed by atoms with van der Waals surface area (Å²) < 4.78 is 7.08. The predicted octanol–water partition coefficient (Wildman–Crippen LogP) is 12.4. The Morgan fingerprint density at radius 3 is 1.40 bits per heavy atom. The topological polar surface area (TPSA) is 62.4 Å². The molecule has 0 saturated heterocycles. The Balaban J connectivity index is 1.27. The Kier molecular flexibility index (Phi) is 6.61. The lowest BCUT2D eigenvalue weighted by atomic mass is 9.98. The van der Waals surface area contributed by atoms with E-state index in [4.69, 9.17) is 0 Å². The number of para-hydroxylation sites is 6. The average molecular weight is 700 g/mol. The van der Waals surface area contributed by atoms with E-state index in [-0.39, 0.29) is 0 Å². The number of fused-ring (bicyclic) bond motifs is 9. The Bertz CT molecular complexity index is 3420. The first-order valence-corrected chi connectivity index (χ1v) is 18.3.